The van der Waals surface area contributed by atoms with Crippen molar-refractivity contribution >= 4 is 17.3 Å². The number of aliphatic carboxylic acids is 1. The molecule has 0 saturated heterocycles. The van der Waals surface area contributed by atoms with Gasteiger partial charge in [-0.15, -0.1) is 0 Å². The van der Waals surface area contributed by atoms with Gasteiger partial charge in [0.25, 0.3) is 0 Å². The summed E-state index contributed by atoms with van der Waals surface area (Å²) in [5, 5.41) is 13.3. The minimum Gasteiger partial charge on any atom is -0.492 e. The summed E-state index contributed by atoms with van der Waals surface area (Å²) in [6.45, 7) is 9.48. The third kappa shape index (κ3) is 5.11. The van der Waals surface area contributed by atoms with Crippen molar-refractivity contribution in [3.05, 3.63) is 81.9 Å². The Hall–Kier alpha value is -3.65. The zero-order chi connectivity index (χ0) is 26.9. The van der Waals surface area contributed by atoms with E-state index in [1.54, 1.807) is 19.9 Å². The summed E-state index contributed by atoms with van der Waals surface area (Å²) in [4.78, 5) is 18.4. The van der Waals surface area contributed by atoms with E-state index in [0.717, 1.165) is 33.5 Å². The maximum Gasteiger partial charge on any atom is 0.310 e. The van der Waals surface area contributed by atoms with Crippen molar-refractivity contribution in [1.82, 2.24) is 9.88 Å². The lowest BCUT2D eigenvalue weighted by molar-refractivity contribution is -0.147. The van der Waals surface area contributed by atoms with Crippen LogP contribution in [0.2, 0.25) is 0 Å². The van der Waals surface area contributed by atoms with E-state index in [2.05, 4.69) is 21.3 Å². The molecule has 1 aliphatic rings. The molecule has 2 aromatic carbocycles. The van der Waals surface area contributed by atoms with Crippen molar-refractivity contribution in [1.29, 1.82) is 0 Å². The fourth-order valence-electron chi connectivity index (χ4n) is 5.12. The highest BCUT2D eigenvalue weighted by Crippen LogP contribution is 2.45. The molecule has 0 spiro atoms. The number of aromatic nitrogens is 1. The summed E-state index contributed by atoms with van der Waals surface area (Å²) in [6.07, 6.45) is 1.42. The molecular weight excluding hydrogens is 471 g/mol. The third-order valence-corrected chi connectivity index (χ3v) is 7.52. The van der Waals surface area contributed by atoms with E-state index in [-0.39, 0.29) is 0 Å². The van der Waals surface area contributed by atoms with Gasteiger partial charge in [0, 0.05) is 38.8 Å². The zero-order valence-electron chi connectivity index (χ0n) is 22.1. The number of carbonyl (C=O) groups is 1. The topological polar surface area (TPSA) is 101 Å². The van der Waals surface area contributed by atoms with Crippen LogP contribution in [0.15, 0.2) is 42.6 Å². The summed E-state index contributed by atoms with van der Waals surface area (Å²) >= 11 is 0. The SMILES string of the molecule is CNc1ccc(C(c2ccc(C)c(CN3CCOc4ccnc(F)c4C3)c2)C(C)(C)C(=O)O)c(C)c1N. The highest BCUT2D eigenvalue weighted by molar-refractivity contribution is 5.78. The Kier molecular flexibility index (Phi) is 7.41. The third-order valence-electron chi connectivity index (χ3n) is 7.52. The van der Waals surface area contributed by atoms with Crippen molar-refractivity contribution in [2.45, 2.75) is 46.7 Å². The van der Waals surface area contributed by atoms with Crippen LogP contribution in [0.25, 0.3) is 0 Å². The van der Waals surface area contributed by atoms with Gasteiger partial charge in [0.1, 0.15) is 12.4 Å². The molecule has 2 heterocycles. The van der Waals surface area contributed by atoms with Gasteiger partial charge in [-0.25, -0.2) is 4.98 Å². The molecule has 1 atom stereocenters. The minimum atomic E-state index is -1.10. The number of nitrogens with two attached hydrogens (primary N) is 1. The van der Waals surface area contributed by atoms with E-state index >= 15 is 0 Å². The lowest BCUT2D eigenvalue weighted by Gasteiger charge is -2.34. The van der Waals surface area contributed by atoms with Gasteiger partial charge in [-0.05, 0) is 67.6 Å². The van der Waals surface area contributed by atoms with Crippen LogP contribution >= 0.6 is 0 Å². The van der Waals surface area contributed by atoms with Gasteiger partial charge >= 0.3 is 5.97 Å². The molecule has 0 amide bonds. The van der Waals surface area contributed by atoms with Crippen LogP contribution in [0.1, 0.15) is 53.1 Å². The number of nitrogens with zero attached hydrogens (tertiary/aromatic N) is 2. The van der Waals surface area contributed by atoms with Crippen LogP contribution in [0.3, 0.4) is 0 Å². The zero-order valence-corrected chi connectivity index (χ0v) is 22.1. The number of hydrogen-bond donors (Lipinski definition) is 3. The number of carboxylic acids is 1. The van der Waals surface area contributed by atoms with Crippen LogP contribution in [0, 0.1) is 25.2 Å². The van der Waals surface area contributed by atoms with Crippen LogP contribution in [-0.4, -0.2) is 41.2 Å². The number of hydrogen-bond acceptors (Lipinski definition) is 6. The second-order valence-electron chi connectivity index (χ2n) is 10.3. The number of halogens is 1. The maximum absolute atomic E-state index is 14.4. The largest absolute Gasteiger partial charge is 0.492 e. The van der Waals surface area contributed by atoms with Crippen LogP contribution in [0.4, 0.5) is 15.8 Å². The lowest BCUT2D eigenvalue weighted by atomic mass is 9.69. The fourth-order valence-corrected chi connectivity index (χ4v) is 5.12. The van der Waals surface area contributed by atoms with Gasteiger partial charge in [-0.1, -0.05) is 24.3 Å². The van der Waals surface area contributed by atoms with E-state index in [9.17, 15) is 14.3 Å². The molecule has 7 nitrogen and oxygen atoms in total. The second-order valence-corrected chi connectivity index (χ2v) is 10.3. The van der Waals surface area contributed by atoms with Gasteiger partial charge in [-0.2, -0.15) is 4.39 Å². The minimum absolute atomic E-state index is 0.379. The molecule has 0 aliphatic carbocycles. The molecule has 1 aromatic heterocycles. The summed E-state index contributed by atoms with van der Waals surface area (Å²) < 4.78 is 20.2. The van der Waals surface area contributed by atoms with Crippen LogP contribution in [-0.2, 0) is 17.9 Å². The number of nitrogen functional groups attached to an aromatic ring is 1. The molecule has 0 fully saturated rings. The van der Waals surface area contributed by atoms with E-state index in [4.69, 9.17) is 10.5 Å². The average Bonchev–Trinajstić information content (AvgIpc) is 3.06. The van der Waals surface area contributed by atoms with Gasteiger partial charge in [0.05, 0.1) is 22.4 Å². The summed E-state index contributed by atoms with van der Waals surface area (Å²) in [6, 6.07) is 11.7. The molecule has 4 N–H and O–H groups in total. The van der Waals surface area contributed by atoms with E-state index in [0.29, 0.717) is 43.2 Å². The summed E-state index contributed by atoms with van der Waals surface area (Å²) in [7, 11) is 1.81. The highest BCUT2D eigenvalue weighted by atomic mass is 19.1. The van der Waals surface area contributed by atoms with E-state index < -0.39 is 23.2 Å². The first-order valence-corrected chi connectivity index (χ1v) is 12.4. The number of ether oxygens (including phenoxy) is 1. The van der Waals surface area contributed by atoms with Crippen LogP contribution < -0.4 is 15.8 Å². The molecule has 0 bridgehead atoms. The smallest absolute Gasteiger partial charge is 0.310 e. The molecule has 8 heteroatoms. The quantitative estimate of drug-likeness (QED) is 0.303. The fraction of sp³-hybridized carbons (Fsp3) is 0.379. The standard InChI is InChI=1S/C29H35FN4O3/c1-17-6-7-19(14-20(17)15-34-12-13-37-24-10-11-33-27(30)22(24)16-34)25(29(3,4)28(35)36)21-8-9-23(32-5)26(31)18(21)2/h6-11,14,25,32H,12-13,15-16,31H2,1-5H3,(H,35,36). The predicted octanol–water partition coefficient (Wildman–Crippen LogP) is 5.10. The highest BCUT2D eigenvalue weighted by Gasteiger charge is 2.40. The van der Waals surface area contributed by atoms with Gasteiger partial charge in [0.2, 0.25) is 5.95 Å². The van der Waals surface area contributed by atoms with E-state index in [1.165, 1.54) is 6.20 Å². The number of aryl methyl sites for hydroxylation is 1. The molecule has 1 unspecified atom stereocenters. The number of nitrogens with one attached hydrogen (secondary N) is 1. The first-order valence-electron chi connectivity index (χ1n) is 12.4. The number of pyridine rings is 1. The van der Waals surface area contributed by atoms with Crippen molar-refractivity contribution in [3.63, 3.8) is 0 Å². The van der Waals surface area contributed by atoms with Crippen molar-refractivity contribution in [3.8, 4) is 5.75 Å². The maximum atomic E-state index is 14.4. The molecule has 0 radical (unpaired) electrons. The Bertz CT molecular complexity index is 1320. The van der Waals surface area contributed by atoms with Crippen molar-refractivity contribution < 1.29 is 19.0 Å². The van der Waals surface area contributed by atoms with Gasteiger partial charge < -0.3 is 20.9 Å². The Morgan fingerprint density at radius 2 is 2.03 bits per heavy atom. The first kappa shape index (κ1) is 26.4. The number of anilines is 2. The van der Waals surface area contributed by atoms with Gasteiger partial charge in [-0.3, -0.25) is 9.69 Å². The molecule has 0 saturated carbocycles. The van der Waals surface area contributed by atoms with Crippen LogP contribution in [0.5, 0.6) is 5.75 Å². The number of rotatable bonds is 7. The average molecular weight is 507 g/mol. The van der Waals surface area contributed by atoms with Gasteiger partial charge in [0.15, 0.2) is 0 Å². The Morgan fingerprint density at radius 1 is 1.27 bits per heavy atom. The Morgan fingerprint density at radius 3 is 2.73 bits per heavy atom. The number of benzene rings is 2. The number of fused-ring (bicyclic) bond motifs is 1. The summed E-state index contributed by atoms with van der Waals surface area (Å²) in [5.74, 6) is -1.31. The molecule has 3 aromatic rings. The predicted molar refractivity (Wildman–Crippen MR) is 143 cm³/mol. The summed E-state index contributed by atoms with van der Waals surface area (Å²) in [5.41, 5.74) is 11.9. The monoisotopic (exact) mass is 506 g/mol. The van der Waals surface area contributed by atoms with Crippen molar-refractivity contribution in [2.75, 3.05) is 31.2 Å². The lowest BCUT2D eigenvalue weighted by Crippen LogP contribution is -2.33. The molecular formula is C29H35FN4O3. The normalized spacial score (nSPS) is 14.9. The molecule has 4 rings (SSSR count). The molecule has 1 aliphatic heterocycles. The van der Waals surface area contributed by atoms with E-state index in [1.807, 2.05) is 45.2 Å². The molecule has 196 valence electrons. The first-order chi connectivity index (χ1) is 17.5. The number of carboxylic acid groups (broad SMARTS) is 1. The second kappa shape index (κ2) is 10.4. The Labute approximate surface area is 217 Å². The van der Waals surface area contributed by atoms with Crippen molar-refractivity contribution in [2.24, 2.45) is 5.41 Å². The Balaban J connectivity index is 1.75. The molecule has 37 heavy (non-hydrogen) atoms.